The summed E-state index contributed by atoms with van der Waals surface area (Å²) < 4.78 is 0. The summed E-state index contributed by atoms with van der Waals surface area (Å²) in [5, 5.41) is 21.2. The van der Waals surface area contributed by atoms with Crippen LogP contribution in [0.1, 0.15) is 66.7 Å². The summed E-state index contributed by atoms with van der Waals surface area (Å²) in [7, 11) is 0. The summed E-state index contributed by atoms with van der Waals surface area (Å²) in [4.78, 5) is 34.0. The maximum absolute atomic E-state index is 12.3. The molecule has 8 heteroatoms. The second-order valence-corrected chi connectivity index (χ2v) is 9.88. The zero-order valence-corrected chi connectivity index (χ0v) is 20.1. The Morgan fingerprint density at radius 1 is 1.15 bits per heavy atom. The Hall–Kier alpha value is -3.16. The second kappa shape index (κ2) is 9.77. The number of nitrogens with zero attached hydrogens (tertiary/aromatic N) is 3. The van der Waals surface area contributed by atoms with Gasteiger partial charge >= 0.3 is 5.97 Å². The fraction of sp³-hybridized carbons (Fsp3) is 0.520. The average Bonchev–Trinajstić information content (AvgIpc) is 2.74. The summed E-state index contributed by atoms with van der Waals surface area (Å²) in [5.41, 5.74) is 4.16. The van der Waals surface area contributed by atoms with Crippen molar-refractivity contribution in [2.24, 2.45) is 5.92 Å². The largest absolute Gasteiger partial charge is 0.504 e. The molecule has 3 rings (SSSR count). The number of aryl methyl sites for hydroxylation is 2. The van der Waals surface area contributed by atoms with Crippen molar-refractivity contribution in [3.8, 4) is 5.75 Å². The van der Waals surface area contributed by atoms with Crippen LogP contribution in [0.25, 0.3) is 0 Å². The Bertz CT molecular complexity index is 1040. The summed E-state index contributed by atoms with van der Waals surface area (Å²) in [6.45, 7) is 11.8. The van der Waals surface area contributed by atoms with Crippen molar-refractivity contribution in [2.75, 3.05) is 24.5 Å². The number of benzene rings is 1. The van der Waals surface area contributed by atoms with Crippen LogP contribution in [-0.4, -0.2) is 51.7 Å². The molecule has 8 nitrogen and oxygen atoms in total. The van der Waals surface area contributed by atoms with Gasteiger partial charge in [-0.05, 0) is 55.2 Å². The van der Waals surface area contributed by atoms with Crippen molar-refractivity contribution < 1.29 is 19.8 Å². The van der Waals surface area contributed by atoms with E-state index in [9.17, 15) is 14.7 Å². The molecule has 1 aromatic carbocycles. The molecule has 2 aromatic rings. The van der Waals surface area contributed by atoms with E-state index in [-0.39, 0.29) is 16.9 Å². The van der Waals surface area contributed by atoms with Crippen molar-refractivity contribution >= 4 is 17.6 Å². The highest BCUT2D eigenvalue weighted by molar-refractivity contribution is 5.96. The molecule has 178 valence electrons. The van der Waals surface area contributed by atoms with Crippen LogP contribution >= 0.6 is 0 Å². The summed E-state index contributed by atoms with van der Waals surface area (Å²) in [5.74, 6) is -1.33. The van der Waals surface area contributed by atoms with Gasteiger partial charge in [-0.3, -0.25) is 9.59 Å². The van der Waals surface area contributed by atoms with E-state index in [1.807, 2.05) is 0 Å². The Kier molecular flexibility index (Phi) is 7.25. The number of aliphatic carboxylic acids is 1. The predicted molar refractivity (Wildman–Crippen MR) is 127 cm³/mol. The normalized spacial score (nSPS) is 14.9. The van der Waals surface area contributed by atoms with E-state index in [1.54, 1.807) is 6.92 Å². The number of hydrogen-bond acceptors (Lipinski definition) is 6. The predicted octanol–water partition coefficient (Wildman–Crippen LogP) is 3.37. The molecule has 1 aromatic heterocycles. The minimum atomic E-state index is -1.16. The van der Waals surface area contributed by atoms with Gasteiger partial charge < -0.3 is 20.4 Å². The lowest BCUT2D eigenvalue weighted by Gasteiger charge is -2.35. The first kappa shape index (κ1) is 24.5. The maximum Gasteiger partial charge on any atom is 0.322 e. The van der Waals surface area contributed by atoms with E-state index in [4.69, 9.17) is 5.11 Å². The van der Waals surface area contributed by atoms with Gasteiger partial charge in [0.2, 0.25) is 0 Å². The van der Waals surface area contributed by atoms with Crippen LogP contribution in [0, 0.1) is 19.8 Å². The summed E-state index contributed by atoms with van der Waals surface area (Å²) >= 11 is 0. The third-order valence-corrected chi connectivity index (χ3v) is 6.21. The first-order valence-electron chi connectivity index (χ1n) is 11.4. The molecule has 0 aliphatic carbocycles. The number of anilines is 1. The molecular weight excluding hydrogens is 420 g/mol. The molecule has 33 heavy (non-hydrogen) atoms. The van der Waals surface area contributed by atoms with Crippen LogP contribution in [-0.2, 0) is 16.6 Å². The molecule has 1 saturated heterocycles. The average molecular weight is 455 g/mol. The molecule has 2 heterocycles. The molecule has 1 fully saturated rings. The number of hydrogen-bond donors (Lipinski definition) is 3. The van der Waals surface area contributed by atoms with Crippen molar-refractivity contribution in [1.29, 1.82) is 0 Å². The summed E-state index contributed by atoms with van der Waals surface area (Å²) in [6.07, 6.45) is 2.56. The van der Waals surface area contributed by atoms with Gasteiger partial charge in [-0.15, -0.1) is 0 Å². The van der Waals surface area contributed by atoms with Gasteiger partial charge in [-0.1, -0.05) is 32.9 Å². The van der Waals surface area contributed by atoms with E-state index in [0.29, 0.717) is 23.9 Å². The van der Waals surface area contributed by atoms with Gasteiger partial charge in [-0.2, -0.15) is 0 Å². The number of amides is 1. The zero-order chi connectivity index (χ0) is 24.3. The van der Waals surface area contributed by atoms with Crippen LogP contribution in [0.15, 0.2) is 18.2 Å². The molecule has 1 aliphatic heterocycles. The molecule has 1 amide bonds. The van der Waals surface area contributed by atoms with E-state index in [1.165, 1.54) is 16.8 Å². The molecule has 0 atom stereocenters. The van der Waals surface area contributed by atoms with Gasteiger partial charge in [0.1, 0.15) is 12.4 Å². The highest BCUT2D eigenvalue weighted by atomic mass is 16.4. The first-order chi connectivity index (χ1) is 15.5. The zero-order valence-electron chi connectivity index (χ0n) is 20.1. The smallest absolute Gasteiger partial charge is 0.322 e. The van der Waals surface area contributed by atoms with Crippen molar-refractivity contribution in [1.82, 2.24) is 15.3 Å². The number of carboxylic acid groups (broad SMARTS) is 1. The number of carbonyl (C=O) groups is 2. The third-order valence-electron chi connectivity index (χ3n) is 6.21. The Morgan fingerprint density at radius 3 is 2.39 bits per heavy atom. The van der Waals surface area contributed by atoms with Gasteiger partial charge in [0.15, 0.2) is 11.4 Å². The Morgan fingerprint density at radius 2 is 1.82 bits per heavy atom. The van der Waals surface area contributed by atoms with Crippen LogP contribution in [0.5, 0.6) is 5.75 Å². The molecule has 0 spiro atoms. The van der Waals surface area contributed by atoms with Gasteiger partial charge in [0, 0.05) is 25.2 Å². The molecule has 1 aliphatic rings. The standard InChI is InChI=1S/C25H34N4O4/c1-15-12-18(25(3,4)5)6-7-19(15)29-10-8-17(9-11-29)13-20-27-16(2)23(32)22(28-20)24(33)26-14-21(30)31/h6-7,12,17,32H,8-11,13-14H2,1-5H3,(H,26,33)(H,30,31). The fourth-order valence-corrected chi connectivity index (χ4v) is 4.23. The minimum Gasteiger partial charge on any atom is -0.504 e. The molecule has 0 unspecified atom stereocenters. The van der Waals surface area contributed by atoms with E-state index >= 15 is 0 Å². The van der Waals surface area contributed by atoms with Crippen LogP contribution < -0.4 is 10.2 Å². The van der Waals surface area contributed by atoms with E-state index in [0.717, 1.165) is 25.9 Å². The van der Waals surface area contributed by atoms with E-state index < -0.39 is 18.4 Å². The number of aromatic nitrogens is 2. The quantitative estimate of drug-likeness (QED) is 0.613. The Labute approximate surface area is 195 Å². The number of nitrogens with one attached hydrogen (secondary N) is 1. The van der Waals surface area contributed by atoms with Gasteiger partial charge in [0.25, 0.3) is 5.91 Å². The third kappa shape index (κ3) is 6.00. The van der Waals surface area contributed by atoms with Gasteiger partial charge in [0.05, 0.1) is 5.69 Å². The number of piperidine rings is 1. The van der Waals surface area contributed by atoms with Crippen LogP contribution in [0.2, 0.25) is 0 Å². The lowest BCUT2D eigenvalue weighted by molar-refractivity contribution is -0.135. The number of aromatic hydroxyl groups is 1. The summed E-state index contributed by atoms with van der Waals surface area (Å²) in [6, 6.07) is 6.73. The van der Waals surface area contributed by atoms with Crippen molar-refractivity contribution in [3.63, 3.8) is 0 Å². The topological polar surface area (TPSA) is 116 Å². The monoisotopic (exact) mass is 454 g/mol. The molecule has 0 bridgehead atoms. The van der Waals surface area contributed by atoms with Crippen LogP contribution in [0.3, 0.4) is 0 Å². The fourth-order valence-electron chi connectivity index (χ4n) is 4.23. The molecule has 0 saturated carbocycles. The Balaban J connectivity index is 1.65. The number of carboxylic acids is 1. The van der Waals surface area contributed by atoms with Crippen molar-refractivity contribution in [2.45, 2.75) is 59.3 Å². The molecule has 0 radical (unpaired) electrons. The maximum atomic E-state index is 12.3. The highest BCUT2D eigenvalue weighted by Crippen LogP contribution is 2.31. The minimum absolute atomic E-state index is 0.127. The van der Waals surface area contributed by atoms with Crippen LogP contribution in [0.4, 0.5) is 5.69 Å². The molecular formula is C25H34N4O4. The second-order valence-electron chi connectivity index (χ2n) is 9.88. The number of rotatable bonds is 6. The first-order valence-corrected chi connectivity index (χ1v) is 11.4. The SMILES string of the molecule is Cc1cc(C(C)(C)C)ccc1N1CCC(Cc2nc(C)c(O)c(C(=O)NCC(=O)O)n2)CC1. The highest BCUT2D eigenvalue weighted by Gasteiger charge is 2.24. The van der Waals surface area contributed by atoms with E-state index in [2.05, 4.69) is 66.1 Å². The number of carbonyl (C=O) groups excluding carboxylic acids is 1. The lowest BCUT2D eigenvalue weighted by Crippen LogP contribution is -2.35. The van der Waals surface area contributed by atoms with Crippen molar-refractivity contribution in [3.05, 3.63) is 46.5 Å². The van der Waals surface area contributed by atoms with Gasteiger partial charge in [-0.25, -0.2) is 9.97 Å². The lowest BCUT2D eigenvalue weighted by atomic mass is 9.85. The molecule has 3 N–H and O–H groups in total.